The van der Waals surface area contributed by atoms with Crippen LogP contribution in [0.4, 0.5) is 0 Å². The Morgan fingerprint density at radius 1 is 1.35 bits per heavy atom. The summed E-state index contributed by atoms with van der Waals surface area (Å²) in [6.07, 6.45) is 11.4. The van der Waals surface area contributed by atoms with Gasteiger partial charge in [-0.05, 0) is 18.9 Å². The van der Waals surface area contributed by atoms with Crippen LogP contribution < -0.4 is 0 Å². The Balaban J connectivity index is 2.59. The first-order valence-corrected chi connectivity index (χ1v) is 7.44. The number of ether oxygens (including phenoxy) is 2. The van der Waals surface area contributed by atoms with Crippen LogP contribution in [0, 0.1) is 5.92 Å². The number of unbranched alkanes of at least 4 members (excludes halogenated alkanes) is 1. The molecule has 0 aromatic rings. The van der Waals surface area contributed by atoms with Crippen LogP contribution in [0.3, 0.4) is 0 Å². The van der Waals surface area contributed by atoms with Crippen LogP contribution in [0.25, 0.3) is 0 Å². The number of aliphatic hydroxyl groups excluding tert-OH is 1. The SMILES string of the molecule is CCC/C=C/C=C\C=C(/C)[C@@H]1OC[C@H](C)[C@H](OC)[C@H]1O. The molecule has 1 rings (SSSR count). The summed E-state index contributed by atoms with van der Waals surface area (Å²) in [5.74, 6) is 0.214. The van der Waals surface area contributed by atoms with E-state index < -0.39 is 6.10 Å². The zero-order valence-electron chi connectivity index (χ0n) is 13.1. The summed E-state index contributed by atoms with van der Waals surface area (Å²) in [4.78, 5) is 0. The summed E-state index contributed by atoms with van der Waals surface area (Å²) in [5, 5.41) is 10.3. The molecule has 1 fully saturated rings. The van der Waals surface area contributed by atoms with Gasteiger partial charge in [-0.25, -0.2) is 0 Å². The lowest BCUT2D eigenvalue weighted by atomic mass is 9.90. The first kappa shape index (κ1) is 17.2. The third kappa shape index (κ3) is 4.89. The minimum absolute atomic E-state index is 0.162. The van der Waals surface area contributed by atoms with Crippen molar-refractivity contribution in [1.29, 1.82) is 0 Å². The Morgan fingerprint density at radius 2 is 2.10 bits per heavy atom. The van der Waals surface area contributed by atoms with Gasteiger partial charge in [0.1, 0.15) is 12.2 Å². The largest absolute Gasteiger partial charge is 0.387 e. The predicted molar refractivity (Wildman–Crippen MR) is 82.7 cm³/mol. The standard InChI is InChI=1S/C17H28O3/c1-5-6-7-8-9-10-11-13(2)17-15(18)16(19-4)14(3)12-20-17/h7-11,14-18H,5-6,12H2,1-4H3/b8-7+,10-9-,13-11+/t14-,15+,16-,17-/m0/s1. The van der Waals surface area contributed by atoms with Crippen LogP contribution in [-0.4, -0.2) is 37.1 Å². The lowest BCUT2D eigenvalue weighted by molar-refractivity contribution is -0.158. The van der Waals surface area contributed by atoms with E-state index in [1.165, 1.54) is 0 Å². The second-order valence-electron chi connectivity index (χ2n) is 5.43. The van der Waals surface area contributed by atoms with Crippen LogP contribution in [0.2, 0.25) is 0 Å². The monoisotopic (exact) mass is 280 g/mol. The minimum atomic E-state index is -0.607. The van der Waals surface area contributed by atoms with Gasteiger partial charge in [-0.15, -0.1) is 0 Å². The van der Waals surface area contributed by atoms with Crippen LogP contribution in [-0.2, 0) is 9.47 Å². The molecule has 0 bridgehead atoms. The minimum Gasteiger partial charge on any atom is -0.387 e. The average Bonchev–Trinajstić information content (AvgIpc) is 2.43. The first-order chi connectivity index (χ1) is 9.61. The van der Waals surface area contributed by atoms with E-state index in [4.69, 9.17) is 9.47 Å². The maximum Gasteiger partial charge on any atom is 0.110 e. The molecule has 1 aliphatic heterocycles. The lowest BCUT2D eigenvalue weighted by Crippen LogP contribution is -2.50. The molecule has 0 aromatic carbocycles. The summed E-state index contributed by atoms with van der Waals surface area (Å²) in [6, 6.07) is 0. The van der Waals surface area contributed by atoms with E-state index in [1.54, 1.807) is 7.11 Å². The van der Waals surface area contributed by atoms with Crippen molar-refractivity contribution in [3.63, 3.8) is 0 Å². The molecule has 114 valence electrons. The van der Waals surface area contributed by atoms with E-state index >= 15 is 0 Å². The van der Waals surface area contributed by atoms with Gasteiger partial charge in [0.25, 0.3) is 0 Å². The molecule has 1 saturated heterocycles. The summed E-state index contributed by atoms with van der Waals surface area (Å²) < 4.78 is 11.1. The smallest absolute Gasteiger partial charge is 0.110 e. The normalized spacial score (nSPS) is 32.4. The van der Waals surface area contributed by atoms with Crippen molar-refractivity contribution in [3.8, 4) is 0 Å². The second-order valence-corrected chi connectivity index (χ2v) is 5.43. The molecule has 1 N–H and O–H groups in total. The first-order valence-electron chi connectivity index (χ1n) is 7.44. The van der Waals surface area contributed by atoms with Gasteiger partial charge in [0.05, 0.1) is 12.7 Å². The van der Waals surface area contributed by atoms with Gasteiger partial charge in [0.15, 0.2) is 0 Å². The molecule has 0 aromatic heterocycles. The van der Waals surface area contributed by atoms with Gasteiger partial charge in [-0.1, -0.05) is 50.6 Å². The van der Waals surface area contributed by atoms with E-state index in [2.05, 4.69) is 13.0 Å². The molecular formula is C17H28O3. The van der Waals surface area contributed by atoms with Crippen molar-refractivity contribution in [3.05, 3.63) is 36.0 Å². The lowest BCUT2D eigenvalue weighted by Gasteiger charge is -2.38. The van der Waals surface area contributed by atoms with E-state index in [9.17, 15) is 5.11 Å². The Morgan fingerprint density at radius 3 is 2.75 bits per heavy atom. The van der Waals surface area contributed by atoms with Crippen LogP contribution in [0.15, 0.2) is 36.0 Å². The molecule has 3 heteroatoms. The molecule has 20 heavy (non-hydrogen) atoms. The van der Waals surface area contributed by atoms with Gasteiger partial charge >= 0.3 is 0 Å². The van der Waals surface area contributed by atoms with E-state index in [-0.39, 0.29) is 18.1 Å². The van der Waals surface area contributed by atoms with Crippen molar-refractivity contribution in [2.75, 3.05) is 13.7 Å². The number of hydrogen-bond donors (Lipinski definition) is 1. The van der Waals surface area contributed by atoms with E-state index in [0.29, 0.717) is 6.61 Å². The molecule has 0 aliphatic carbocycles. The zero-order valence-corrected chi connectivity index (χ0v) is 13.1. The summed E-state index contributed by atoms with van der Waals surface area (Å²) in [5.41, 5.74) is 1.02. The van der Waals surface area contributed by atoms with Gasteiger partial charge in [-0.2, -0.15) is 0 Å². The molecule has 4 atom stereocenters. The van der Waals surface area contributed by atoms with Gasteiger partial charge in [-0.3, -0.25) is 0 Å². The third-order valence-electron chi connectivity index (χ3n) is 3.64. The molecule has 3 nitrogen and oxygen atoms in total. The third-order valence-corrected chi connectivity index (χ3v) is 3.64. The Kier molecular flexibility index (Phi) is 7.82. The number of methoxy groups -OCH3 is 1. The highest BCUT2D eigenvalue weighted by molar-refractivity contribution is 5.20. The maximum atomic E-state index is 10.3. The Labute approximate surface area is 123 Å². The Hall–Kier alpha value is -0.900. The van der Waals surface area contributed by atoms with Crippen molar-refractivity contribution in [1.82, 2.24) is 0 Å². The molecule has 0 spiro atoms. The fraction of sp³-hybridized carbons (Fsp3) is 0.647. The van der Waals surface area contributed by atoms with Crippen LogP contribution in [0.5, 0.6) is 0 Å². The van der Waals surface area contributed by atoms with E-state index in [1.807, 2.05) is 38.2 Å². The number of hydrogen-bond acceptors (Lipinski definition) is 3. The topological polar surface area (TPSA) is 38.7 Å². The molecule has 1 aliphatic rings. The molecule has 0 unspecified atom stereocenters. The highest BCUT2D eigenvalue weighted by atomic mass is 16.5. The quantitative estimate of drug-likeness (QED) is 0.759. The molecule has 0 saturated carbocycles. The summed E-state index contributed by atoms with van der Waals surface area (Å²) in [7, 11) is 1.64. The maximum absolute atomic E-state index is 10.3. The number of allylic oxidation sites excluding steroid dienone is 5. The fourth-order valence-electron chi connectivity index (χ4n) is 2.44. The van der Waals surface area contributed by atoms with Crippen LogP contribution >= 0.6 is 0 Å². The molecular weight excluding hydrogens is 252 g/mol. The highest BCUT2D eigenvalue weighted by Crippen LogP contribution is 2.26. The van der Waals surface area contributed by atoms with Gasteiger partial charge in [0.2, 0.25) is 0 Å². The average molecular weight is 280 g/mol. The highest BCUT2D eigenvalue weighted by Gasteiger charge is 2.37. The molecule has 1 heterocycles. The van der Waals surface area contributed by atoms with Crippen molar-refractivity contribution in [2.24, 2.45) is 5.92 Å². The number of aliphatic hydroxyl groups is 1. The number of rotatable bonds is 6. The zero-order chi connectivity index (χ0) is 15.0. The van der Waals surface area contributed by atoms with Crippen molar-refractivity contribution in [2.45, 2.75) is 51.9 Å². The summed E-state index contributed by atoms with van der Waals surface area (Å²) in [6.45, 7) is 6.79. The van der Waals surface area contributed by atoms with E-state index in [0.717, 1.165) is 18.4 Å². The van der Waals surface area contributed by atoms with Gasteiger partial charge < -0.3 is 14.6 Å². The van der Waals surface area contributed by atoms with Gasteiger partial charge in [0, 0.05) is 13.0 Å². The second kappa shape index (κ2) is 9.11. The molecule has 0 amide bonds. The summed E-state index contributed by atoms with van der Waals surface area (Å²) >= 11 is 0. The fourth-order valence-corrected chi connectivity index (χ4v) is 2.44. The Bertz CT molecular complexity index is 357. The predicted octanol–water partition coefficient (Wildman–Crippen LogP) is 3.26. The van der Waals surface area contributed by atoms with Crippen LogP contribution in [0.1, 0.15) is 33.6 Å². The van der Waals surface area contributed by atoms with Crippen molar-refractivity contribution < 1.29 is 14.6 Å². The molecule has 0 radical (unpaired) electrons. The van der Waals surface area contributed by atoms with Crippen molar-refractivity contribution >= 4 is 0 Å².